The first-order valence-electron chi connectivity index (χ1n) is 9.07. The number of imidazole rings is 1. The summed E-state index contributed by atoms with van der Waals surface area (Å²) in [4.78, 5) is 17.3. The predicted octanol–water partition coefficient (Wildman–Crippen LogP) is 4.05. The summed E-state index contributed by atoms with van der Waals surface area (Å²) in [6.45, 7) is 2.51. The van der Waals surface area contributed by atoms with Gasteiger partial charge < -0.3 is 14.1 Å². The second kappa shape index (κ2) is 6.13. The van der Waals surface area contributed by atoms with Gasteiger partial charge in [-0.1, -0.05) is 24.3 Å². The van der Waals surface area contributed by atoms with E-state index in [-0.39, 0.29) is 11.8 Å². The van der Waals surface area contributed by atoms with Gasteiger partial charge in [-0.2, -0.15) is 0 Å². The van der Waals surface area contributed by atoms with Crippen molar-refractivity contribution in [1.29, 1.82) is 0 Å². The van der Waals surface area contributed by atoms with Crippen molar-refractivity contribution in [2.75, 3.05) is 0 Å². The highest BCUT2D eigenvalue weighted by Gasteiger charge is 2.30. The first-order chi connectivity index (χ1) is 13.2. The minimum Gasteiger partial charge on any atom is -0.464 e. The minimum atomic E-state index is -0.0958. The summed E-state index contributed by atoms with van der Waals surface area (Å²) in [5.41, 5.74) is 6.16. The number of benzene rings is 1. The van der Waals surface area contributed by atoms with Crippen LogP contribution in [-0.2, 0) is 11.3 Å². The average Bonchev–Trinajstić information content (AvgIpc) is 3.29. The van der Waals surface area contributed by atoms with Gasteiger partial charge in [0.15, 0.2) is 0 Å². The molecule has 0 spiro atoms. The molecule has 1 aliphatic heterocycles. The molecule has 0 unspecified atom stereocenters. The van der Waals surface area contributed by atoms with E-state index in [1.54, 1.807) is 6.26 Å². The van der Waals surface area contributed by atoms with E-state index in [1.807, 2.05) is 30.3 Å². The lowest BCUT2D eigenvalue weighted by Gasteiger charge is -2.18. The molecule has 5 heteroatoms. The van der Waals surface area contributed by atoms with Crippen LogP contribution in [0.1, 0.15) is 34.9 Å². The number of pyridine rings is 1. The van der Waals surface area contributed by atoms with Crippen molar-refractivity contribution in [3.05, 3.63) is 83.5 Å². The van der Waals surface area contributed by atoms with Crippen LogP contribution in [0.3, 0.4) is 0 Å². The highest BCUT2D eigenvalue weighted by Crippen LogP contribution is 2.38. The van der Waals surface area contributed by atoms with Crippen LogP contribution in [0.25, 0.3) is 17.0 Å². The number of amides is 1. The van der Waals surface area contributed by atoms with E-state index >= 15 is 0 Å². The van der Waals surface area contributed by atoms with Crippen LogP contribution in [0.5, 0.6) is 0 Å². The van der Waals surface area contributed by atoms with Gasteiger partial charge in [-0.25, -0.2) is 4.98 Å². The van der Waals surface area contributed by atoms with Gasteiger partial charge in [0.1, 0.15) is 11.4 Å². The lowest BCUT2D eigenvalue weighted by atomic mass is 9.87. The molecule has 4 heterocycles. The molecule has 5 rings (SSSR count). The maximum atomic E-state index is 12.4. The lowest BCUT2D eigenvalue weighted by Crippen LogP contribution is -2.21. The fraction of sp³-hybridized carbons (Fsp3) is 0.182. The molecule has 1 aliphatic rings. The highest BCUT2D eigenvalue weighted by atomic mass is 16.3. The molecule has 134 valence electrons. The number of rotatable bonds is 2. The molecule has 1 N–H and O–H groups in total. The van der Waals surface area contributed by atoms with Crippen LogP contribution in [0, 0.1) is 6.92 Å². The number of carbonyl (C=O) groups excluding carboxylic acids is 1. The van der Waals surface area contributed by atoms with Crippen molar-refractivity contribution in [3.8, 4) is 11.3 Å². The summed E-state index contributed by atoms with van der Waals surface area (Å²) in [5, 5.41) is 2.99. The first-order valence-corrected chi connectivity index (χ1v) is 9.07. The van der Waals surface area contributed by atoms with E-state index in [1.165, 1.54) is 5.56 Å². The van der Waals surface area contributed by atoms with Gasteiger partial charge in [0, 0.05) is 24.1 Å². The maximum absolute atomic E-state index is 12.4. The standard InChI is InChI=1S/C22H19N3O2/c1-14-8-9-25-20(11-14)24-18-13-23-21(26)12-17(22(18)25)15-5-2-3-6-16(15)19-7-4-10-27-19/h2-11,17H,12-13H2,1H3,(H,23,26)/t17-/m0/s1. The third-order valence-corrected chi connectivity index (χ3v) is 5.19. The third-order valence-electron chi connectivity index (χ3n) is 5.19. The van der Waals surface area contributed by atoms with E-state index < -0.39 is 0 Å². The Morgan fingerprint density at radius 2 is 2.07 bits per heavy atom. The summed E-state index contributed by atoms with van der Waals surface area (Å²) in [6.07, 6.45) is 4.11. The van der Waals surface area contributed by atoms with Crippen molar-refractivity contribution in [2.45, 2.75) is 25.8 Å². The number of aromatic nitrogens is 2. The van der Waals surface area contributed by atoms with Gasteiger partial charge in [-0.3, -0.25) is 4.79 Å². The van der Waals surface area contributed by atoms with Crippen molar-refractivity contribution in [1.82, 2.24) is 14.7 Å². The van der Waals surface area contributed by atoms with E-state index in [0.29, 0.717) is 13.0 Å². The Bertz CT molecular complexity index is 1140. The first kappa shape index (κ1) is 15.9. The molecule has 4 aromatic rings. The average molecular weight is 357 g/mol. The van der Waals surface area contributed by atoms with Crippen LogP contribution >= 0.6 is 0 Å². The number of hydrogen-bond acceptors (Lipinski definition) is 3. The van der Waals surface area contributed by atoms with Crippen LogP contribution in [-0.4, -0.2) is 15.3 Å². The van der Waals surface area contributed by atoms with E-state index in [4.69, 9.17) is 9.40 Å². The summed E-state index contributed by atoms with van der Waals surface area (Å²) in [6, 6.07) is 16.1. The molecule has 3 aromatic heterocycles. The Morgan fingerprint density at radius 1 is 1.19 bits per heavy atom. The van der Waals surface area contributed by atoms with Crippen molar-refractivity contribution >= 4 is 11.6 Å². The molecule has 5 nitrogen and oxygen atoms in total. The van der Waals surface area contributed by atoms with Crippen molar-refractivity contribution in [2.24, 2.45) is 0 Å². The predicted molar refractivity (Wildman–Crippen MR) is 102 cm³/mol. The number of aryl methyl sites for hydroxylation is 1. The van der Waals surface area contributed by atoms with Gasteiger partial charge in [-0.05, 0) is 42.3 Å². The summed E-state index contributed by atoms with van der Waals surface area (Å²) in [7, 11) is 0. The third kappa shape index (κ3) is 2.63. The zero-order valence-electron chi connectivity index (χ0n) is 15.0. The molecule has 1 aromatic carbocycles. The second-order valence-electron chi connectivity index (χ2n) is 6.97. The number of fused-ring (bicyclic) bond motifs is 3. The topological polar surface area (TPSA) is 59.5 Å². The summed E-state index contributed by atoms with van der Waals surface area (Å²) < 4.78 is 7.78. The Labute approximate surface area is 156 Å². The molecule has 27 heavy (non-hydrogen) atoms. The number of carbonyl (C=O) groups is 1. The normalized spacial score (nSPS) is 16.8. The SMILES string of the molecule is Cc1ccn2c3c(nc2c1)CNC(=O)C[C@H]3c1ccccc1-c1ccco1. The number of nitrogens with one attached hydrogen (secondary N) is 1. The van der Waals surface area contributed by atoms with Crippen molar-refractivity contribution in [3.63, 3.8) is 0 Å². The zero-order chi connectivity index (χ0) is 18.4. The Morgan fingerprint density at radius 3 is 2.93 bits per heavy atom. The number of nitrogens with zero attached hydrogens (tertiary/aromatic N) is 2. The second-order valence-corrected chi connectivity index (χ2v) is 6.97. The monoisotopic (exact) mass is 357 g/mol. The molecule has 1 amide bonds. The molecule has 0 radical (unpaired) electrons. The quantitative estimate of drug-likeness (QED) is 0.589. The molecular weight excluding hydrogens is 338 g/mol. The number of furan rings is 1. The molecule has 0 fully saturated rings. The fourth-order valence-corrected chi connectivity index (χ4v) is 3.96. The van der Waals surface area contributed by atoms with E-state index in [2.05, 4.69) is 41.0 Å². The molecule has 0 bridgehead atoms. The Hall–Kier alpha value is -3.34. The summed E-state index contributed by atoms with van der Waals surface area (Å²) >= 11 is 0. The van der Waals surface area contributed by atoms with Gasteiger partial charge in [0.25, 0.3) is 0 Å². The number of hydrogen-bond donors (Lipinski definition) is 1. The minimum absolute atomic E-state index is 0.0353. The largest absolute Gasteiger partial charge is 0.464 e. The van der Waals surface area contributed by atoms with E-state index in [9.17, 15) is 4.79 Å². The van der Waals surface area contributed by atoms with Crippen molar-refractivity contribution < 1.29 is 9.21 Å². The summed E-state index contributed by atoms with van der Waals surface area (Å²) in [5.74, 6) is 0.746. The Balaban J connectivity index is 1.76. The molecule has 0 saturated heterocycles. The molecule has 0 aliphatic carbocycles. The zero-order valence-corrected chi connectivity index (χ0v) is 15.0. The smallest absolute Gasteiger partial charge is 0.221 e. The van der Waals surface area contributed by atoms with Crippen LogP contribution < -0.4 is 5.32 Å². The molecule has 1 atom stereocenters. The molecule has 0 saturated carbocycles. The van der Waals surface area contributed by atoms with Crippen LogP contribution in [0.2, 0.25) is 0 Å². The van der Waals surface area contributed by atoms with E-state index in [0.717, 1.165) is 33.9 Å². The fourth-order valence-electron chi connectivity index (χ4n) is 3.96. The molecular formula is C22H19N3O2. The van der Waals surface area contributed by atoms with Gasteiger partial charge in [0.2, 0.25) is 5.91 Å². The van der Waals surface area contributed by atoms with Gasteiger partial charge in [0.05, 0.1) is 24.2 Å². The van der Waals surface area contributed by atoms with Gasteiger partial charge in [-0.15, -0.1) is 0 Å². The van der Waals surface area contributed by atoms with Crippen LogP contribution in [0.4, 0.5) is 0 Å². The Kier molecular flexibility index (Phi) is 3.60. The highest BCUT2D eigenvalue weighted by molar-refractivity contribution is 5.79. The van der Waals surface area contributed by atoms with Crippen LogP contribution in [0.15, 0.2) is 65.4 Å². The maximum Gasteiger partial charge on any atom is 0.221 e. The van der Waals surface area contributed by atoms with Gasteiger partial charge >= 0.3 is 0 Å². The lowest BCUT2D eigenvalue weighted by molar-refractivity contribution is -0.121.